The highest BCUT2D eigenvalue weighted by Gasteiger charge is 2.08. The third-order valence-corrected chi connectivity index (χ3v) is 3.68. The molecular formula is C13H17FN2S. The van der Waals surface area contributed by atoms with Gasteiger partial charge >= 0.3 is 0 Å². The van der Waals surface area contributed by atoms with Crippen LogP contribution in [0.2, 0.25) is 0 Å². The van der Waals surface area contributed by atoms with Crippen LogP contribution in [0.1, 0.15) is 19.4 Å². The summed E-state index contributed by atoms with van der Waals surface area (Å²) in [5.74, 6) is 0.445. The fourth-order valence-electron chi connectivity index (χ4n) is 1.56. The first kappa shape index (κ1) is 14.0. The molecule has 0 unspecified atom stereocenters. The molecule has 0 atom stereocenters. The van der Waals surface area contributed by atoms with Crippen LogP contribution in [0.4, 0.5) is 4.39 Å². The topological polar surface area (TPSA) is 27.0 Å². The van der Waals surface area contributed by atoms with Gasteiger partial charge in [0, 0.05) is 17.2 Å². The molecule has 0 aliphatic rings. The molecule has 0 heterocycles. The van der Waals surface area contributed by atoms with Gasteiger partial charge in [-0.3, -0.25) is 0 Å². The molecule has 0 N–H and O–H groups in total. The molecule has 0 aliphatic carbocycles. The largest absolute Gasteiger partial charge is 0.303 e. The Hall–Kier alpha value is -1.05. The minimum absolute atomic E-state index is 0.164. The Bertz CT molecular complexity index is 397. The summed E-state index contributed by atoms with van der Waals surface area (Å²) in [6, 6.07) is 6.70. The number of hydrogen-bond donors (Lipinski definition) is 0. The van der Waals surface area contributed by atoms with Gasteiger partial charge in [0.15, 0.2) is 0 Å². The Kier molecular flexibility index (Phi) is 6.03. The van der Waals surface area contributed by atoms with E-state index < -0.39 is 5.82 Å². The zero-order chi connectivity index (χ0) is 12.7. The number of halogens is 1. The van der Waals surface area contributed by atoms with Gasteiger partial charge in [0.1, 0.15) is 17.4 Å². The van der Waals surface area contributed by atoms with E-state index in [1.165, 1.54) is 6.07 Å². The van der Waals surface area contributed by atoms with Crippen molar-refractivity contribution in [3.63, 3.8) is 0 Å². The minimum atomic E-state index is -0.430. The normalized spacial score (nSPS) is 10.5. The van der Waals surface area contributed by atoms with Gasteiger partial charge in [-0.2, -0.15) is 5.26 Å². The van der Waals surface area contributed by atoms with Crippen molar-refractivity contribution in [2.45, 2.75) is 18.7 Å². The monoisotopic (exact) mass is 252 g/mol. The van der Waals surface area contributed by atoms with Crippen LogP contribution in [-0.4, -0.2) is 30.3 Å². The quantitative estimate of drug-likeness (QED) is 0.728. The molecule has 17 heavy (non-hydrogen) atoms. The fraction of sp³-hybridized carbons (Fsp3) is 0.462. The molecular weight excluding hydrogens is 235 g/mol. The predicted octanol–water partition coefficient (Wildman–Crippen LogP) is 3.13. The number of thioether (sulfide) groups is 1. The predicted molar refractivity (Wildman–Crippen MR) is 69.6 cm³/mol. The first-order chi connectivity index (χ1) is 8.22. The number of benzene rings is 1. The second-order valence-electron chi connectivity index (χ2n) is 3.60. The van der Waals surface area contributed by atoms with E-state index in [-0.39, 0.29) is 5.56 Å². The highest BCUT2D eigenvalue weighted by molar-refractivity contribution is 7.99. The average molecular weight is 252 g/mol. The van der Waals surface area contributed by atoms with Crippen molar-refractivity contribution < 1.29 is 4.39 Å². The molecule has 0 saturated heterocycles. The Balaban J connectivity index is 2.58. The first-order valence-corrected chi connectivity index (χ1v) is 6.75. The van der Waals surface area contributed by atoms with Gasteiger partial charge < -0.3 is 4.90 Å². The highest BCUT2D eigenvalue weighted by Crippen LogP contribution is 2.24. The summed E-state index contributed by atoms with van der Waals surface area (Å²) < 4.78 is 13.3. The van der Waals surface area contributed by atoms with E-state index in [1.54, 1.807) is 23.9 Å². The van der Waals surface area contributed by atoms with E-state index in [1.807, 2.05) is 6.07 Å². The summed E-state index contributed by atoms with van der Waals surface area (Å²) in [6.07, 6.45) is 0. The van der Waals surface area contributed by atoms with Gasteiger partial charge in [-0.15, -0.1) is 11.8 Å². The Morgan fingerprint density at radius 3 is 2.65 bits per heavy atom. The van der Waals surface area contributed by atoms with Gasteiger partial charge in [0.2, 0.25) is 0 Å². The van der Waals surface area contributed by atoms with Crippen molar-refractivity contribution in [2.75, 3.05) is 25.4 Å². The van der Waals surface area contributed by atoms with E-state index in [9.17, 15) is 4.39 Å². The average Bonchev–Trinajstić information content (AvgIpc) is 2.35. The van der Waals surface area contributed by atoms with E-state index in [0.717, 1.165) is 30.3 Å². The van der Waals surface area contributed by atoms with Crippen molar-refractivity contribution in [1.82, 2.24) is 4.90 Å². The Labute approximate surface area is 106 Å². The maximum absolute atomic E-state index is 13.3. The lowest BCUT2D eigenvalue weighted by atomic mass is 10.2. The molecule has 1 aromatic rings. The van der Waals surface area contributed by atoms with Crippen LogP contribution in [0.25, 0.3) is 0 Å². The van der Waals surface area contributed by atoms with Crippen LogP contribution in [0.15, 0.2) is 23.1 Å². The van der Waals surface area contributed by atoms with Crippen molar-refractivity contribution in [3.8, 4) is 6.07 Å². The van der Waals surface area contributed by atoms with Crippen LogP contribution < -0.4 is 0 Å². The third kappa shape index (κ3) is 4.03. The summed E-state index contributed by atoms with van der Waals surface area (Å²) >= 11 is 1.54. The molecule has 0 fully saturated rings. The lowest BCUT2D eigenvalue weighted by molar-refractivity contribution is 0.324. The maximum atomic E-state index is 13.3. The summed E-state index contributed by atoms with van der Waals surface area (Å²) in [5.41, 5.74) is 0.164. The standard InChI is InChI=1S/C13H17FN2S/c1-3-16(4-2)8-9-17-13-7-5-6-12(14)11(13)10-15/h5-7H,3-4,8-9H2,1-2H3. The zero-order valence-corrected chi connectivity index (χ0v) is 11.1. The smallest absolute Gasteiger partial charge is 0.142 e. The molecule has 2 nitrogen and oxygen atoms in total. The van der Waals surface area contributed by atoms with Crippen LogP contribution in [0, 0.1) is 17.1 Å². The molecule has 92 valence electrons. The van der Waals surface area contributed by atoms with Crippen molar-refractivity contribution in [3.05, 3.63) is 29.6 Å². The van der Waals surface area contributed by atoms with Gasteiger partial charge in [-0.25, -0.2) is 4.39 Å². The molecule has 0 aromatic heterocycles. The summed E-state index contributed by atoms with van der Waals surface area (Å²) in [6.45, 7) is 7.24. The molecule has 0 spiro atoms. The number of nitriles is 1. The summed E-state index contributed by atoms with van der Waals surface area (Å²) in [7, 11) is 0. The molecule has 0 amide bonds. The van der Waals surface area contributed by atoms with E-state index in [0.29, 0.717) is 0 Å². The second-order valence-corrected chi connectivity index (χ2v) is 4.74. The van der Waals surface area contributed by atoms with Crippen LogP contribution in [-0.2, 0) is 0 Å². The first-order valence-electron chi connectivity index (χ1n) is 5.76. The maximum Gasteiger partial charge on any atom is 0.142 e. The summed E-state index contributed by atoms with van der Waals surface area (Å²) in [4.78, 5) is 3.04. The van der Waals surface area contributed by atoms with Crippen molar-refractivity contribution >= 4 is 11.8 Å². The van der Waals surface area contributed by atoms with E-state index in [2.05, 4.69) is 18.7 Å². The van der Waals surface area contributed by atoms with Gasteiger partial charge in [0.05, 0.1) is 0 Å². The number of hydrogen-bond acceptors (Lipinski definition) is 3. The molecule has 1 rings (SSSR count). The van der Waals surface area contributed by atoms with Crippen LogP contribution >= 0.6 is 11.8 Å². The molecule has 0 aliphatic heterocycles. The Morgan fingerprint density at radius 2 is 2.06 bits per heavy atom. The zero-order valence-electron chi connectivity index (χ0n) is 10.2. The molecule has 0 saturated carbocycles. The van der Waals surface area contributed by atoms with Crippen LogP contribution in [0.5, 0.6) is 0 Å². The van der Waals surface area contributed by atoms with Crippen molar-refractivity contribution in [2.24, 2.45) is 0 Å². The third-order valence-electron chi connectivity index (χ3n) is 2.65. The molecule has 0 bridgehead atoms. The highest BCUT2D eigenvalue weighted by atomic mass is 32.2. The van der Waals surface area contributed by atoms with Crippen molar-refractivity contribution in [1.29, 1.82) is 5.26 Å². The van der Waals surface area contributed by atoms with Crippen LogP contribution in [0.3, 0.4) is 0 Å². The minimum Gasteiger partial charge on any atom is -0.303 e. The van der Waals surface area contributed by atoms with Gasteiger partial charge in [-0.1, -0.05) is 19.9 Å². The lowest BCUT2D eigenvalue weighted by Gasteiger charge is -2.17. The fourth-order valence-corrected chi connectivity index (χ4v) is 2.59. The summed E-state index contributed by atoms with van der Waals surface area (Å²) in [5, 5.41) is 8.89. The second kappa shape index (κ2) is 7.31. The molecule has 0 radical (unpaired) electrons. The van der Waals surface area contributed by atoms with E-state index >= 15 is 0 Å². The Morgan fingerprint density at radius 1 is 1.35 bits per heavy atom. The lowest BCUT2D eigenvalue weighted by Crippen LogP contribution is -2.25. The van der Waals surface area contributed by atoms with Gasteiger partial charge in [-0.05, 0) is 25.2 Å². The SMILES string of the molecule is CCN(CC)CCSc1cccc(F)c1C#N. The number of nitrogens with zero attached hydrogens (tertiary/aromatic N) is 2. The molecule has 1 aromatic carbocycles. The molecule has 4 heteroatoms. The van der Waals surface area contributed by atoms with Gasteiger partial charge in [0.25, 0.3) is 0 Å². The van der Waals surface area contributed by atoms with E-state index in [4.69, 9.17) is 5.26 Å². The number of rotatable bonds is 6.